The van der Waals surface area contributed by atoms with Crippen molar-refractivity contribution in [2.75, 3.05) is 13.1 Å². The molecule has 1 aromatic carbocycles. The van der Waals surface area contributed by atoms with Crippen LogP contribution in [0.15, 0.2) is 24.3 Å². The second kappa shape index (κ2) is 6.54. The lowest BCUT2D eigenvalue weighted by molar-refractivity contribution is -0.130. The second-order valence-electron chi connectivity index (χ2n) is 6.10. The van der Waals surface area contributed by atoms with Crippen LogP contribution in [0.2, 0.25) is 0 Å². The number of hydrogen-bond donors (Lipinski definition) is 2. The molecule has 1 aliphatic rings. The van der Waals surface area contributed by atoms with E-state index in [4.69, 9.17) is 0 Å². The molecule has 0 saturated carbocycles. The van der Waals surface area contributed by atoms with Gasteiger partial charge in [-0.3, -0.25) is 9.69 Å². The van der Waals surface area contributed by atoms with Gasteiger partial charge in [0.1, 0.15) is 0 Å². The zero-order chi connectivity index (χ0) is 15.5. The lowest BCUT2D eigenvalue weighted by atomic mass is 10.1. The number of rotatable bonds is 5. The first-order valence-electron chi connectivity index (χ1n) is 7.30. The van der Waals surface area contributed by atoms with Crippen LogP contribution in [-0.4, -0.2) is 40.8 Å². The van der Waals surface area contributed by atoms with Gasteiger partial charge in [-0.1, -0.05) is 24.3 Å². The predicted octanol–water partition coefficient (Wildman–Crippen LogP) is 1.62. The molecule has 1 aromatic rings. The lowest BCUT2D eigenvalue weighted by Crippen LogP contribution is -2.38. The maximum atomic E-state index is 13.5. The Bertz CT molecular complexity index is 499. The highest BCUT2D eigenvalue weighted by atomic mass is 19.1. The highest BCUT2D eigenvalue weighted by Crippen LogP contribution is 2.17. The van der Waals surface area contributed by atoms with E-state index in [0.717, 1.165) is 30.6 Å². The van der Waals surface area contributed by atoms with E-state index in [2.05, 4.69) is 10.2 Å². The molecule has 116 valence electrons. The Morgan fingerprint density at radius 2 is 2.10 bits per heavy atom. The van der Waals surface area contributed by atoms with Crippen molar-refractivity contribution in [2.45, 2.75) is 45.1 Å². The van der Waals surface area contributed by atoms with Gasteiger partial charge in [-0.05, 0) is 31.4 Å². The maximum Gasteiger partial charge on any atom is 0.257 e. The van der Waals surface area contributed by atoms with Crippen LogP contribution in [0.5, 0.6) is 0 Å². The van der Waals surface area contributed by atoms with Gasteiger partial charge in [0.25, 0.3) is 5.91 Å². The first-order chi connectivity index (χ1) is 9.86. The number of nitrogens with one attached hydrogen (secondary N) is 1. The van der Waals surface area contributed by atoms with Gasteiger partial charge < -0.3 is 10.4 Å². The number of amides is 1. The molecule has 1 saturated heterocycles. The number of carbonyl (C=O) groups excluding carboxylic acids is 1. The van der Waals surface area contributed by atoms with Crippen LogP contribution in [-0.2, 0) is 17.9 Å². The van der Waals surface area contributed by atoms with Crippen molar-refractivity contribution >= 4 is 5.91 Å². The third-order valence-corrected chi connectivity index (χ3v) is 3.74. The Morgan fingerprint density at radius 3 is 2.67 bits per heavy atom. The summed E-state index contributed by atoms with van der Waals surface area (Å²) in [5.74, 6) is -0.603. The number of halogens is 1. The normalized spacial score (nSPS) is 19.7. The molecule has 21 heavy (non-hydrogen) atoms. The van der Waals surface area contributed by atoms with E-state index in [1.807, 2.05) is 24.3 Å². The number of alkyl halides is 1. The van der Waals surface area contributed by atoms with E-state index in [0.29, 0.717) is 13.1 Å². The molecule has 1 aliphatic heterocycles. The van der Waals surface area contributed by atoms with Crippen molar-refractivity contribution in [3.05, 3.63) is 35.4 Å². The summed E-state index contributed by atoms with van der Waals surface area (Å²) >= 11 is 0. The number of aliphatic hydroxyl groups excluding tert-OH is 1. The monoisotopic (exact) mass is 294 g/mol. The molecule has 1 atom stereocenters. The second-order valence-corrected chi connectivity index (χ2v) is 6.10. The first-order valence-corrected chi connectivity index (χ1v) is 7.30. The number of benzene rings is 1. The van der Waals surface area contributed by atoms with Crippen LogP contribution < -0.4 is 5.32 Å². The number of likely N-dealkylation sites (tertiary alicyclic amines) is 1. The molecule has 0 aliphatic carbocycles. The summed E-state index contributed by atoms with van der Waals surface area (Å²) in [4.78, 5) is 13.8. The highest BCUT2D eigenvalue weighted by Gasteiger charge is 2.26. The van der Waals surface area contributed by atoms with E-state index in [9.17, 15) is 14.3 Å². The molecule has 0 radical (unpaired) electrons. The largest absolute Gasteiger partial charge is 0.392 e. The highest BCUT2D eigenvalue weighted by molar-refractivity contribution is 5.84. The zero-order valence-corrected chi connectivity index (χ0v) is 12.6. The minimum absolute atomic E-state index is 0.246. The van der Waals surface area contributed by atoms with Gasteiger partial charge in [0, 0.05) is 26.2 Å². The quantitative estimate of drug-likeness (QED) is 0.867. The van der Waals surface area contributed by atoms with Gasteiger partial charge in [-0.2, -0.15) is 0 Å². The maximum absolute atomic E-state index is 13.5. The smallest absolute Gasteiger partial charge is 0.257 e. The summed E-state index contributed by atoms with van der Waals surface area (Å²) in [6.07, 6.45) is 0.554. The molecule has 0 unspecified atom stereocenters. The minimum Gasteiger partial charge on any atom is -0.392 e. The standard InChI is InChI=1S/C16H23FN2O2/c1-16(2,17)15(21)18-9-12-5-3-4-6-13(12)10-19-8-7-14(20)11-19/h3-6,14,20H,7-11H2,1-2H3,(H,18,21)/t14-/m0/s1. The molecular weight excluding hydrogens is 271 g/mol. The van der Waals surface area contributed by atoms with Gasteiger partial charge in [-0.15, -0.1) is 0 Å². The van der Waals surface area contributed by atoms with Gasteiger partial charge >= 0.3 is 0 Å². The Hall–Kier alpha value is -1.46. The molecular formula is C16H23FN2O2. The number of hydrogen-bond acceptors (Lipinski definition) is 3. The molecule has 1 heterocycles. The summed E-state index contributed by atoms with van der Waals surface area (Å²) in [5.41, 5.74) is 0.216. The summed E-state index contributed by atoms with van der Waals surface area (Å²) < 4.78 is 13.5. The summed E-state index contributed by atoms with van der Waals surface area (Å²) in [7, 11) is 0. The van der Waals surface area contributed by atoms with Crippen LogP contribution in [0, 0.1) is 0 Å². The van der Waals surface area contributed by atoms with E-state index in [1.54, 1.807) is 0 Å². The van der Waals surface area contributed by atoms with Crippen LogP contribution in [0.3, 0.4) is 0 Å². The predicted molar refractivity (Wildman–Crippen MR) is 79.4 cm³/mol. The molecule has 2 N–H and O–H groups in total. The fourth-order valence-electron chi connectivity index (χ4n) is 2.47. The third-order valence-electron chi connectivity index (χ3n) is 3.74. The average molecular weight is 294 g/mol. The summed E-state index contributed by atoms with van der Waals surface area (Å²) in [5, 5.41) is 12.2. The van der Waals surface area contributed by atoms with Gasteiger partial charge in [-0.25, -0.2) is 4.39 Å². The average Bonchev–Trinajstić information content (AvgIpc) is 2.81. The van der Waals surface area contributed by atoms with E-state index >= 15 is 0 Å². The SMILES string of the molecule is CC(C)(F)C(=O)NCc1ccccc1CN1CC[C@H](O)C1. The molecule has 1 amide bonds. The topological polar surface area (TPSA) is 52.6 Å². The van der Waals surface area contributed by atoms with Crippen molar-refractivity contribution in [2.24, 2.45) is 0 Å². The molecule has 4 nitrogen and oxygen atoms in total. The fraction of sp³-hybridized carbons (Fsp3) is 0.562. The number of nitrogens with zero attached hydrogens (tertiary/aromatic N) is 1. The Kier molecular flexibility index (Phi) is 4.96. The molecule has 0 aromatic heterocycles. The third kappa shape index (κ3) is 4.51. The van der Waals surface area contributed by atoms with E-state index in [-0.39, 0.29) is 6.10 Å². The molecule has 2 rings (SSSR count). The van der Waals surface area contributed by atoms with Crippen LogP contribution in [0.4, 0.5) is 4.39 Å². The molecule has 0 bridgehead atoms. The van der Waals surface area contributed by atoms with Crippen LogP contribution in [0.25, 0.3) is 0 Å². The van der Waals surface area contributed by atoms with Gasteiger partial charge in [0.2, 0.25) is 0 Å². The van der Waals surface area contributed by atoms with Gasteiger partial charge in [0.05, 0.1) is 6.10 Å². The van der Waals surface area contributed by atoms with Crippen molar-refractivity contribution in [1.29, 1.82) is 0 Å². The minimum atomic E-state index is -1.87. The van der Waals surface area contributed by atoms with Crippen molar-refractivity contribution in [3.63, 3.8) is 0 Å². The first kappa shape index (κ1) is 15.9. The van der Waals surface area contributed by atoms with Crippen molar-refractivity contribution in [1.82, 2.24) is 10.2 Å². The van der Waals surface area contributed by atoms with Crippen molar-refractivity contribution < 1.29 is 14.3 Å². The summed E-state index contributed by atoms with van der Waals surface area (Å²) in [6.45, 7) is 5.11. The lowest BCUT2D eigenvalue weighted by Gasteiger charge is -2.19. The Morgan fingerprint density at radius 1 is 1.43 bits per heavy atom. The fourth-order valence-corrected chi connectivity index (χ4v) is 2.47. The Balaban J connectivity index is 1.98. The van der Waals surface area contributed by atoms with Gasteiger partial charge in [0.15, 0.2) is 5.67 Å². The molecule has 1 fully saturated rings. The van der Waals surface area contributed by atoms with Crippen LogP contribution >= 0.6 is 0 Å². The number of β-amino-alcohol motifs (C(OH)–C–C–N with tert-alkyl or cyclic N) is 1. The molecule has 0 spiro atoms. The number of aliphatic hydroxyl groups is 1. The van der Waals surface area contributed by atoms with E-state index in [1.165, 1.54) is 13.8 Å². The number of carbonyl (C=O) groups is 1. The van der Waals surface area contributed by atoms with Crippen molar-refractivity contribution in [3.8, 4) is 0 Å². The zero-order valence-electron chi connectivity index (χ0n) is 12.6. The summed E-state index contributed by atoms with van der Waals surface area (Å²) in [6, 6.07) is 7.80. The van der Waals surface area contributed by atoms with Crippen LogP contribution in [0.1, 0.15) is 31.4 Å². The van der Waals surface area contributed by atoms with E-state index < -0.39 is 11.6 Å². The molecule has 5 heteroatoms. The Labute approximate surface area is 125 Å².